The van der Waals surface area contributed by atoms with Crippen LogP contribution in [0, 0.1) is 11.8 Å². The molecule has 7 nitrogen and oxygen atoms in total. The third-order valence-electron chi connectivity index (χ3n) is 8.44. The van der Waals surface area contributed by atoms with Crippen LogP contribution in [0.4, 0.5) is 17.6 Å². The van der Waals surface area contributed by atoms with Gasteiger partial charge in [0.1, 0.15) is 11.6 Å². The minimum Gasteiger partial charge on any atom is -0.381 e. The number of hydrogen-bond acceptors (Lipinski definition) is 6. The van der Waals surface area contributed by atoms with Crippen LogP contribution in [0.25, 0.3) is 0 Å². The van der Waals surface area contributed by atoms with Gasteiger partial charge in [-0.15, -0.1) is 0 Å². The monoisotopic (exact) mass is 522 g/mol. The Balaban J connectivity index is 1.32. The average molecular weight is 523 g/mol. The molecule has 2 aromatic rings. The number of nitrogens with one attached hydrogen (secondary N) is 2. The molecule has 0 amide bonds. The van der Waals surface area contributed by atoms with E-state index in [9.17, 15) is 0 Å². The molecule has 3 fully saturated rings. The van der Waals surface area contributed by atoms with E-state index in [1.807, 2.05) is 0 Å². The molecule has 3 aliphatic heterocycles. The van der Waals surface area contributed by atoms with Gasteiger partial charge < -0.3 is 25.2 Å². The Morgan fingerprint density at radius 3 is 2.38 bits per heavy atom. The molecule has 1 aromatic carbocycles. The first-order valence-corrected chi connectivity index (χ1v) is 14.5. The summed E-state index contributed by atoms with van der Waals surface area (Å²) in [5.41, 5.74) is 1.35. The Kier molecular flexibility index (Phi) is 8.45. The van der Waals surface area contributed by atoms with E-state index in [0.29, 0.717) is 17.0 Å². The molecule has 37 heavy (non-hydrogen) atoms. The first-order chi connectivity index (χ1) is 18.0. The summed E-state index contributed by atoms with van der Waals surface area (Å²) < 4.78 is 5.70. The van der Waals surface area contributed by atoms with E-state index < -0.39 is 0 Å². The summed E-state index contributed by atoms with van der Waals surface area (Å²) in [4.78, 5) is 14.7. The van der Waals surface area contributed by atoms with Crippen LogP contribution >= 0.6 is 12.2 Å². The number of ether oxygens (including phenoxy) is 1. The van der Waals surface area contributed by atoms with Gasteiger partial charge in [0, 0.05) is 57.4 Å². The summed E-state index contributed by atoms with van der Waals surface area (Å²) in [5, 5.41) is 7.42. The summed E-state index contributed by atoms with van der Waals surface area (Å²) in [5.74, 6) is 4.05. The van der Waals surface area contributed by atoms with E-state index in [0.717, 1.165) is 76.3 Å². The van der Waals surface area contributed by atoms with E-state index in [1.54, 1.807) is 0 Å². The second kappa shape index (κ2) is 11.9. The molecular weight excluding hydrogens is 480 g/mol. The molecule has 1 atom stereocenters. The van der Waals surface area contributed by atoms with Crippen LogP contribution in [-0.2, 0) is 10.2 Å². The highest BCUT2D eigenvalue weighted by Gasteiger charge is 2.34. The number of thiocarbonyl (C=S) groups is 1. The average Bonchev–Trinajstić information content (AvgIpc) is 2.93. The molecule has 1 aromatic heterocycles. The molecule has 5 rings (SSSR count). The molecule has 0 spiro atoms. The van der Waals surface area contributed by atoms with Gasteiger partial charge in [-0.2, -0.15) is 9.97 Å². The van der Waals surface area contributed by atoms with Crippen LogP contribution in [-0.4, -0.2) is 61.0 Å². The fourth-order valence-electron chi connectivity index (χ4n) is 5.95. The van der Waals surface area contributed by atoms with Gasteiger partial charge in [0.15, 0.2) is 5.11 Å². The topological polar surface area (TPSA) is 65.5 Å². The lowest BCUT2D eigenvalue weighted by atomic mass is 9.74. The molecule has 4 heterocycles. The summed E-state index contributed by atoms with van der Waals surface area (Å²) in [6.45, 7) is 11.1. The Morgan fingerprint density at radius 2 is 1.68 bits per heavy atom. The van der Waals surface area contributed by atoms with Gasteiger partial charge in [0.05, 0.1) is 0 Å². The van der Waals surface area contributed by atoms with Crippen molar-refractivity contribution >= 4 is 34.9 Å². The molecule has 0 aliphatic carbocycles. The number of anilines is 3. The molecule has 2 N–H and O–H groups in total. The van der Waals surface area contributed by atoms with Gasteiger partial charge in [0.25, 0.3) is 0 Å². The smallest absolute Gasteiger partial charge is 0.232 e. The number of piperidine rings is 2. The van der Waals surface area contributed by atoms with Gasteiger partial charge >= 0.3 is 0 Å². The zero-order chi connectivity index (χ0) is 25.7. The highest BCUT2D eigenvalue weighted by atomic mass is 32.1. The Labute approximate surface area is 227 Å². The van der Waals surface area contributed by atoms with Crippen molar-refractivity contribution in [1.82, 2.24) is 15.3 Å². The molecule has 0 unspecified atom stereocenters. The molecule has 0 bridgehead atoms. The van der Waals surface area contributed by atoms with E-state index >= 15 is 0 Å². The molecule has 200 valence electrons. The third-order valence-corrected chi connectivity index (χ3v) is 8.68. The fraction of sp³-hybridized carbons (Fsp3) is 0.621. The van der Waals surface area contributed by atoms with Crippen molar-refractivity contribution in [2.75, 3.05) is 61.1 Å². The van der Waals surface area contributed by atoms with Gasteiger partial charge in [-0.3, -0.25) is 0 Å². The maximum Gasteiger partial charge on any atom is 0.232 e. The van der Waals surface area contributed by atoms with Gasteiger partial charge in [-0.05, 0) is 68.1 Å². The molecule has 0 radical (unpaired) electrons. The molecule has 8 heteroatoms. The van der Waals surface area contributed by atoms with Crippen molar-refractivity contribution in [3.05, 3.63) is 42.0 Å². The minimum atomic E-state index is 0.00749. The van der Waals surface area contributed by atoms with Crippen molar-refractivity contribution in [2.45, 2.75) is 57.8 Å². The van der Waals surface area contributed by atoms with Crippen LogP contribution < -0.4 is 20.4 Å². The lowest BCUT2D eigenvalue weighted by Gasteiger charge is -2.38. The fourth-order valence-corrected chi connectivity index (χ4v) is 6.12. The standard InChI is InChI=1S/C29H42N6OS/c1-22-10-15-34(16-11-22)25-19-26(35-14-6-7-23(2)20-35)32-27(31-25)33-28(37)30-21-29(12-17-36-18-13-29)24-8-4-3-5-9-24/h3-5,8-9,19,22-23H,6-7,10-18,20-21H2,1-2H3,(H2,30,31,32,33,37)/t23-/m1/s1. The first kappa shape index (κ1) is 26.2. The van der Waals surface area contributed by atoms with E-state index in [2.05, 4.69) is 70.7 Å². The first-order valence-electron chi connectivity index (χ1n) is 14.1. The number of aromatic nitrogens is 2. The summed E-state index contributed by atoms with van der Waals surface area (Å²) >= 11 is 5.78. The second-order valence-corrected chi connectivity index (χ2v) is 11.7. The van der Waals surface area contributed by atoms with Gasteiger partial charge in [0.2, 0.25) is 5.95 Å². The number of rotatable bonds is 6. The van der Waals surface area contributed by atoms with E-state index in [1.165, 1.54) is 31.2 Å². The van der Waals surface area contributed by atoms with E-state index in [4.69, 9.17) is 26.9 Å². The second-order valence-electron chi connectivity index (χ2n) is 11.3. The summed E-state index contributed by atoms with van der Waals surface area (Å²) in [6.07, 6.45) is 6.84. The molecular formula is C29H42N6OS. The van der Waals surface area contributed by atoms with E-state index in [-0.39, 0.29) is 5.41 Å². The van der Waals surface area contributed by atoms with Crippen LogP contribution in [0.3, 0.4) is 0 Å². The maximum absolute atomic E-state index is 5.78. The van der Waals surface area contributed by atoms with Crippen LogP contribution in [0.15, 0.2) is 36.4 Å². The highest BCUT2D eigenvalue weighted by molar-refractivity contribution is 7.80. The molecule has 0 saturated carbocycles. The quantitative estimate of drug-likeness (QED) is 0.515. The lowest BCUT2D eigenvalue weighted by molar-refractivity contribution is 0.0515. The predicted molar refractivity (Wildman–Crippen MR) is 156 cm³/mol. The lowest BCUT2D eigenvalue weighted by Crippen LogP contribution is -2.45. The van der Waals surface area contributed by atoms with Crippen molar-refractivity contribution < 1.29 is 4.74 Å². The summed E-state index contributed by atoms with van der Waals surface area (Å²) in [7, 11) is 0. The predicted octanol–water partition coefficient (Wildman–Crippen LogP) is 4.98. The van der Waals surface area contributed by atoms with Crippen LogP contribution in [0.5, 0.6) is 0 Å². The van der Waals surface area contributed by atoms with Crippen LogP contribution in [0.2, 0.25) is 0 Å². The Morgan fingerprint density at radius 1 is 0.973 bits per heavy atom. The number of benzene rings is 1. The highest BCUT2D eigenvalue weighted by Crippen LogP contribution is 2.34. The van der Waals surface area contributed by atoms with Crippen LogP contribution in [0.1, 0.15) is 57.9 Å². The zero-order valence-corrected chi connectivity index (χ0v) is 23.2. The van der Waals surface area contributed by atoms with Crippen molar-refractivity contribution in [2.24, 2.45) is 11.8 Å². The third kappa shape index (κ3) is 6.52. The number of nitrogens with zero attached hydrogens (tertiary/aromatic N) is 4. The molecule has 3 saturated heterocycles. The maximum atomic E-state index is 5.78. The largest absolute Gasteiger partial charge is 0.381 e. The Hall–Kier alpha value is -2.45. The van der Waals surface area contributed by atoms with Gasteiger partial charge in [-0.1, -0.05) is 44.2 Å². The normalized spacial score (nSPS) is 22.5. The van der Waals surface area contributed by atoms with Crippen molar-refractivity contribution in [1.29, 1.82) is 0 Å². The van der Waals surface area contributed by atoms with Gasteiger partial charge in [-0.25, -0.2) is 0 Å². The number of hydrogen-bond donors (Lipinski definition) is 2. The minimum absolute atomic E-state index is 0.00749. The zero-order valence-electron chi connectivity index (χ0n) is 22.4. The summed E-state index contributed by atoms with van der Waals surface area (Å²) in [6, 6.07) is 12.9. The molecule has 3 aliphatic rings. The Bertz CT molecular complexity index is 1040. The SMILES string of the molecule is CC1CCN(c2cc(N3CCC[C@@H](C)C3)nc(NC(=S)NCC3(c4ccccc4)CCOCC3)n2)CC1. The van der Waals surface area contributed by atoms with Crippen molar-refractivity contribution in [3.8, 4) is 0 Å². The van der Waals surface area contributed by atoms with Crippen molar-refractivity contribution in [3.63, 3.8) is 0 Å².